The first kappa shape index (κ1) is 13.9. The third kappa shape index (κ3) is 10.3. The summed E-state index contributed by atoms with van der Waals surface area (Å²) in [5.74, 6) is -1.19. The molecule has 0 saturated heterocycles. The molecular weight excluding hydrogens is 177 g/mol. The molecule has 0 bridgehead atoms. The number of carbonyl (C=O) groups is 2. The van der Waals surface area contributed by atoms with Crippen molar-refractivity contribution in [3.05, 3.63) is 0 Å². The number of carbonyl (C=O) groups excluding carboxylic acids is 2. The van der Waals surface area contributed by atoms with Crippen molar-refractivity contribution >= 4 is 24.5 Å². The molecular formula is C5H8NNaO3S. The molecule has 0 spiro atoms. The van der Waals surface area contributed by atoms with Crippen molar-refractivity contribution in [2.45, 2.75) is 6.42 Å². The van der Waals surface area contributed by atoms with Crippen molar-refractivity contribution in [1.82, 2.24) is 5.32 Å². The molecule has 0 fully saturated rings. The Morgan fingerprint density at radius 2 is 2.00 bits per heavy atom. The molecule has 0 aliphatic heterocycles. The number of rotatable bonds is 4. The molecule has 0 aliphatic rings. The van der Waals surface area contributed by atoms with Crippen molar-refractivity contribution in [3.63, 3.8) is 0 Å². The average Bonchev–Trinajstić information content (AvgIpc) is 1.85. The van der Waals surface area contributed by atoms with Crippen LogP contribution in [0.3, 0.4) is 0 Å². The Labute approximate surface area is 92.4 Å². The molecule has 0 rings (SSSR count). The number of nitrogens with one attached hydrogen (secondary N) is 1. The first-order chi connectivity index (χ1) is 4.66. The zero-order chi connectivity index (χ0) is 7.98. The zero-order valence-corrected chi connectivity index (χ0v) is 9.19. The van der Waals surface area contributed by atoms with Crippen molar-refractivity contribution in [1.29, 1.82) is 0 Å². The second-order valence-corrected chi connectivity index (χ2v) is 2.07. The zero-order valence-electron chi connectivity index (χ0n) is 6.29. The van der Waals surface area contributed by atoms with E-state index in [4.69, 9.17) is 0 Å². The van der Waals surface area contributed by atoms with E-state index in [9.17, 15) is 14.7 Å². The van der Waals surface area contributed by atoms with Gasteiger partial charge in [-0.3, -0.25) is 4.79 Å². The minimum Gasteiger partial charge on any atom is -0.548 e. The quantitative estimate of drug-likeness (QED) is 0.341. The molecule has 0 aromatic heterocycles. The fraction of sp³-hybridized carbons (Fsp3) is 0.600. The summed E-state index contributed by atoms with van der Waals surface area (Å²) >= 11 is 3.78. The van der Waals surface area contributed by atoms with Gasteiger partial charge in [-0.15, -0.1) is 0 Å². The average molecular weight is 185 g/mol. The third-order valence-electron chi connectivity index (χ3n) is 0.769. The van der Waals surface area contributed by atoms with Gasteiger partial charge in [0.15, 0.2) is 0 Å². The van der Waals surface area contributed by atoms with E-state index in [1.54, 1.807) is 0 Å². The van der Waals surface area contributed by atoms with Gasteiger partial charge in [0.1, 0.15) is 0 Å². The van der Waals surface area contributed by atoms with E-state index >= 15 is 0 Å². The number of amides is 1. The molecule has 1 N–H and O–H groups in total. The molecule has 0 radical (unpaired) electrons. The van der Waals surface area contributed by atoms with E-state index in [1.807, 2.05) is 0 Å². The van der Waals surface area contributed by atoms with E-state index in [0.29, 0.717) is 5.75 Å². The van der Waals surface area contributed by atoms with Gasteiger partial charge < -0.3 is 15.2 Å². The molecule has 4 nitrogen and oxygen atoms in total. The van der Waals surface area contributed by atoms with Crippen LogP contribution in [0.25, 0.3) is 0 Å². The molecule has 0 saturated carbocycles. The molecule has 6 heteroatoms. The summed E-state index contributed by atoms with van der Waals surface area (Å²) in [7, 11) is 0. The number of carboxylic acids is 1. The Bertz CT molecular complexity index is 142. The van der Waals surface area contributed by atoms with Gasteiger partial charge in [0, 0.05) is 6.42 Å². The van der Waals surface area contributed by atoms with Crippen molar-refractivity contribution in [2.24, 2.45) is 0 Å². The first-order valence-electron chi connectivity index (χ1n) is 2.74. The van der Waals surface area contributed by atoms with Gasteiger partial charge in [-0.05, 0) is 5.75 Å². The van der Waals surface area contributed by atoms with Gasteiger partial charge >= 0.3 is 29.6 Å². The molecule has 0 heterocycles. The summed E-state index contributed by atoms with van der Waals surface area (Å²) in [6, 6.07) is 0. The molecule has 0 aromatic carbocycles. The Kier molecular flexibility index (Phi) is 10.6. The number of hydrogen-bond donors (Lipinski definition) is 2. The SMILES string of the molecule is O=C([O-])CNC(=O)CCS.[Na+]. The fourth-order valence-electron chi connectivity index (χ4n) is 0.361. The van der Waals surface area contributed by atoms with Gasteiger partial charge in [-0.2, -0.15) is 12.6 Å². The number of thiol groups is 1. The first-order valence-corrected chi connectivity index (χ1v) is 3.37. The Balaban J connectivity index is 0. The maximum atomic E-state index is 10.5. The summed E-state index contributed by atoms with van der Waals surface area (Å²) in [5.41, 5.74) is 0. The minimum absolute atomic E-state index is 0. The van der Waals surface area contributed by atoms with Crippen LogP contribution in [0.15, 0.2) is 0 Å². The summed E-state index contributed by atoms with van der Waals surface area (Å²) in [6.07, 6.45) is 0.233. The maximum Gasteiger partial charge on any atom is 1.00 e. The number of aliphatic carboxylic acids is 1. The molecule has 58 valence electrons. The van der Waals surface area contributed by atoms with E-state index in [0.717, 1.165) is 0 Å². The van der Waals surface area contributed by atoms with Gasteiger partial charge in [0.2, 0.25) is 5.91 Å². The van der Waals surface area contributed by atoms with Gasteiger partial charge in [0.25, 0.3) is 0 Å². The summed E-state index contributed by atoms with van der Waals surface area (Å²) in [6.45, 7) is -0.424. The molecule has 0 atom stereocenters. The van der Waals surface area contributed by atoms with Crippen molar-refractivity contribution in [3.8, 4) is 0 Å². The van der Waals surface area contributed by atoms with Crippen molar-refractivity contribution in [2.75, 3.05) is 12.3 Å². The van der Waals surface area contributed by atoms with Crippen LogP contribution in [-0.4, -0.2) is 24.2 Å². The van der Waals surface area contributed by atoms with Crippen LogP contribution in [-0.2, 0) is 9.59 Å². The second kappa shape index (κ2) is 8.39. The minimum atomic E-state index is -1.28. The second-order valence-electron chi connectivity index (χ2n) is 1.62. The summed E-state index contributed by atoms with van der Waals surface area (Å²) < 4.78 is 0. The van der Waals surface area contributed by atoms with Crippen LogP contribution in [0.5, 0.6) is 0 Å². The molecule has 0 aromatic rings. The van der Waals surface area contributed by atoms with Crippen molar-refractivity contribution < 1.29 is 44.3 Å². The van der Waals surface area contributed by atoms with Crippen LogP contribution < -0.4 is 40.0 Å². The molecule has 0 aliphatic carbocycles. The molecule has 1 amide bonds. The van der Waals surface area contributed by atoms with Crippen LogP contribution in [0.2, 0.25) is 0 Å². The maximum absolute atomic E-state index is 10.5. The topological polar surface area (TPSA) is 69.2 Å². The van der Waals surface area contributed by atoms with E-state index in [2.05, 4.69) is 17.9 Å². The predicted octanol–water partition coefficient (Wildman–Crippen LogP) is -4.82. The number of hydrogen-bond acceptors (Lipinski definition) is 4. The predicted molar refractivity (Wildman–Crippen MR) is 36.5 cm³/mol. The van der Waals surface area contributed by atoms with Crippen LogP contribution in [0, 0.1) is 0 Å². The van der Waals surface area contributed by atoms with E-state index in [1.165, 1.54) is 0 Å². The third-order valence-corrected chi connectivity index (χ3v) is 0.992. The largest absolute Gasteiger partial charge is 1.00 e. The van der Waals surface area contributed by atoms with Crippen LogP contribution >= 0.6 is 12.6 Å². The van der Waals surface area contributed by atoms with Crippen LogP contribution in [0.4, 0.5) is 0 Å². The van der Waals surface area contributed by atoms with E-state index < -0.39 is 12.5 Å². The Morgan fingerprint density at radius 1 is 1.45 bits per heavy atom. The normalized spacial score (nSPS) is 8.09. The van der Waals surface area contributed by atoms with Gasteiger partial charge in [-0.25, -0.2) is 0 Å². The molecule has 0 unspecified atom stereocenters. The monoisotopic (exact) mass is 185 g/mol. The summed E-state index contributed by atoms with van der Waals surface area (Å²) in [4.78, 5) is 20.3. The fourth-order valence-corrected chi connectivity index (χ4v) is 0.564. The standard InChI is InChI=1S/C5H9NO3S.Na/c7-4(1-2-10)6-3-5(8)9;/h10H,1-3H2,(H,6,7)(H,8,9);/q;+1/p-1. The van der Waals surface area contributed by atoms with E-state index in [-0.39, 0.29) is 41.9 Å². The smallest absolute Gasteiger partial charge is 0.548 e. The number of carboxylic acid groups (broad SMARTS) is 1. The van der Waals surface area contributed by atoms with Crippen LogP contribution in [0.1, 0.15) is 6.42 Å². The Hall–Kier alpha value is 0.290. The van der Waals surface area contributed by atoms with Gasteiger partial charge in [-0.1, -0.05) is 0 Å². The molecule has 11 heavy (non-hydrogen) atoms. The summed E-state index contributed by atoms with van der Waals surface area (Å²) in [5, 5.41) is 11.9. The van der Waals surface area contributed by atoms with Gasteiger partial charge in [0.05, 0.1) is 12.5 Å². The Morgan fingerprint density at radius 3 is 2.36 bits per heavy atom.